The predicted octanol–water partition coefficient (Wildman–Crippen LogP) is 3.07. The molecule has 120 valence electrons. The standard InChI is InChI=1S/C17H30N2O2/c1-6-13(3)11-19(7-2)12-16(18)15-9-8-14(20-4)10-17(15)21-5/h8-10,13,16H,6-7,11-12,18H2,1-5H3. The fourth-order valence-electron chi connectivity index (χ4n) is 2.40. The minimum atomic E-state index is -0.0603. The molecule has 0 saturated heterocycles. The Morgan fingerprint density at radius 3 is 2.38 bits per heavy atom. The molecule has 0 aromatic heterocycles. The average Bonchev–Trinajstić information content (AvgIpc) is 2.52. The normalized spacial score (nSPS) is 14.0. The van der Waals surface area contributed by atoms with E-state index in [-0.39, 0.29) is 6.04 Å². The maximum absolute atomic E-state index is 6.39. The summed E-state index contributed by atoms with van der Waals surface area (Å²) in [6, 6.07) is 5.76. The van der Waals surface area contributed by atoms with Crippen molar-refractivity contribution in [3.63, 3.8) is 0 Å². The number of methoxy groups -OCH3 is 2. The molecule has 1 rings (SSSR count). The van der Waals surface area contributed by atoms with E-state index in [1.807, 2.05) is 18.2 Å². The number of likely N-dealkylation sites (N-methyl/N-ethyl adjacent to an activating group) is 1. The average molecular weight is 294 g/mol. The number of ether oxygens (including phenoxy) is 2. The Kier molecular flexibility index (Phi) is 7.54. The molecule has 0 radical (unpaired) electrons. The van der Waals surface area contributed by atoms with Crippen molar-refractivity contribution in [3.05, 3.63) is 23.8 Å². The number of nitrogens with zero attached hydrogens (tertiary/aromatic N) is 1. The van der Waals surface area contributed by atoms with Gasteiger partial charge < -0.3 is 20.1 Å². The van der Waals surface area contributed by atoms with Crippen LogP contribution in [0, 0.1) is 5.92 Å². The smallest absolute Gasteiger partial charge is 0.127 e. The van der Waals surface area contributed by atoms with E-state index in [1.54, 1.807) is 14.2 Å². The van der Waals surface area contributed by atoms with Crippen molar-refractivity contribution in [1.82, 2.24) is 4.90 Å². The first kappa shape index (κ1) is 17.8. The molecule has 1 aromatic rings. The Bertz CT molecular complexity index is 423. The summed E-state index contributed by atoms with van der Waals surface area (Å²) in [5, 5.41) is 0. The molecule has 0 spiro atoms. The Labute approximate surface area is 129 Å². The molecule has 0 aliphatic carbocycles. The van der Waals surface area contributed by atoms with Crippen LogP contribution in [0.4, 0.5) is 0 Å². The second-order valence-corrected chi connectivity index (χ2v) is 5.58. The van der Waals surface area contributed by atoms with Gasteiger partial charge in [-0.2, -0.15) is 0 Å². The highest BCUT2D eigenvalue weighted by Crippen LogP contribution is 2.29. The van der Waals surface area contributed by atoms with Gasteiger partial charge in [0.1, 0.15) is 11.5 Å². The third-order valence-corrected chi connectivity index (χ3v) is 4.01. The lowest BCUT2D eigenvalue weighted by molar-refractivity contribution is 0.231. The van der Waals surface area contributed by atoms with Gasteiger partial charge in [-0.1, -0.05) is 33.3 Å². The highest BCUT2D eigenvalue weighted by Gasteiger charge is 2.17. The zero-order chi connectivity index (χ0) is 15.8. The highest BCUT2D eigenvalue weighted by molar-refractivity contribution is 5.42. The van der Waals surface area contributed by atoms with Crippen LogP contribution in [-0.2, 0) is 0 Å². The fourth-order valence-corrected chi connectivity index (χ4v) is 2.40. The number of rotatable bonds is 9. The molecule has 0 bridgehead atoms. The van der Waals surface area contributed by atoms with Crippen molar-refractivity contribution in [3.8, 4) is 11.5 Å². The van der Waals surface area contributed by atoms with Gasteiger partial charge >= 0.3 is 0 Å². The van der Waals surface area contributed by atoms with E-state index in [2.05, 4.69) is 25.7 Å². The first-order chi connectivity index (χ1) is 10.0. The number of benzene rings is 1. The Hall–Kier alpha value is -1.26. The number of nitrogens with two attached hydrogens (primary N) is 1. The van der Waals surface area contributed by atoms with Gasteiger partial charge in [-0.25, -0.2) is 0 Å². The summed E-state index contributed by atoms with van der Waals surface area (Å²) in [5.41, 5.74) is 7.42. The molecule has 2 atom stereocenters. The van der Waals surface area contributed by atoms with Crippen LogP contribution in [0.5, 0.6) is 11.5 Å². The van der Waals surface area contributed by atoms with E-state index in [1.165, 1.54) is 6.42 Å². The molecule has 0 saturated carbocycles. The van der Waals surface area contributed by atoms with Crippen molar-refractivity contribution >= 4 is 0 Å². The first-order valence-corrected chi connectivity index (χ1v) is 7.75. The van der Waals surface area contributed by atoms with Gasteiger partial charge in [0.2, 0.25) is 0 Å². The quantitative estimate of drug-likeness (QED) is 0.760. The lowest BCUT2D eigenvalue weighted by Crippen LogP contribution is -2.35. The minimum Gasteiger partial charge on any atom is -0.497 e. The van der Waals surface area contributed by atoms with Crippen LogP contribution in [0.15, 0.2) is 18.2 Å². The number of hydrogen-bond donors (Lipinski definition) is 1. The van der Waals surface area contributed by atoms with Crippen LogP contribution in [0.1, 0.15) is 38.8 Å². The second kappa shape index (κ2) is 8.90. The lowest BCUT2D eigenvalue weighted by atomic mass is 10.0. The maximum Gasteiger partial charge on any atom is 0.127 e. The van der Waals surface area contributed by atoms with Gasteiger partial charge in [0.15, 0.2) is 0 Å². The molecule has 0 heterocycles. The summed E-state index contributed by atoms with van der Waals surface area (Å²) in [7, 11) is 3.32. The van der Waals surface area contributed by atoms with Gasteiger partial charge in [-0.3, -0.25) is 0 Å². The summed E-state index contributed by atoms with van der Waals surface area (Å²) in [6.07, 6.45) is 1.19. The zero-order valence-corrected chi connectivity index (χ0v) is 14.1. The van der Waals surface area contributed by atoms with E-state index < -0.39 is 0 Å². The molecule has 4 heteroatoms. The summed E-state index contributed by atoms with van der Waals surface area (Å²) in [4.78, 5) is 2.41. The van der Waals surface area contributed by atoms with Gasteiger partial charge in [0, 0.05) is 30.8 Å². The first-order valence-electron chi connectivity index (χ1n) is 7.75. The molecule has 0 amide bonds. The van der Waals surface area contributed by atoms with Crippen LogP contribution in [0.3, 0.4) is 0 Å². The van der Waals surface area contributed by atoms with Crippen molar-refractivity contribution in [2.24, 2.45) is 11.7 Å². The van der Waals surface area contributed by atoms with Crippen molar-refractivity contribution < 1.29 is 9.47 Å². The van der Waals surface area contributed by atoms with E-state index in [9.17, 15) is 0 Å². The number of hydrogen-bond acceptors (Lipinski definition) is 4. The van der Waals surface area contributed by atoms with Gasteiger partial charge in [-0.05, 0) is 18.5 Å². The van der Waals surface area contributed by atoms with E-state index >= 15 is 0 Å². The zero-order valence-electron chi connectivity index (χ0n) is 14.1. The predicted molar refractivity (Wildman–Crippen MR) is 88.0 cm³/mol. The molecule has 1 aromatic carbocycles. The van der Waals surface area contributed by atoms with Crippen LogP contribution >= 0.6 is 0 Å². The van der Waals surface area contributed by atoms with E-state index in [4.69, 9.17) is 15.2 Å². The molecule has 0 fully saturated rings. The highest BCUT2D eigenvalue weighted by atomic mass is 16.5. The monoisotopic (exact) mass is 294 g/mol. The SMILES string of the molecule is CCC(C)CN(CC)CC(N)c1ccc(OC)cc1OC. The third-order valence-electron chi connectivity index (χ3n) is 4.01. The van der Waals surface area contributed by atoms with E-state index in [0.717, 1.165) is 36.7 Å². The van der Waals surface area contributed by atoms with E-state index in [0.29, 0.717) is 5.92 Å². The van der Waals surface area contributed by atoms with Crippen LogP contribution in [0.25, 0.3) is 0 Å². The minimum absolute atomic E-state index is 0.0603. The van der Waals surface area contributed by atoms with Crippen LogP contribution in [0.2, 0.25) is 0 Å². The summed E-state index contributed by atoms with van der Waals surface area (Å²) in [6.45, 7) is 9.62. The van der Waals surface area contributed by atoms with Crippen molar-refractivity contribution in [1.29, 1.82) is 0 Å². The van der Waals surface area contributed by atoms with Gasteiger partial charge in [0.25, 0.3) is 0 Å². The molecule has 0 aliphatic heterocycles. The Balaban J connectivity index is 2.79. The lowest BCUT2D eigenvalue weighted by Gasteiger charge is -2.27. The molecule has 4 nitrogen and oxygen atoms in total. The molecular weight excluding hydrogens is 264 g/mol. The topological polar surface area (TPSA) is 47.7 Å². The van der Waals surface area contributed by atoms with Crippen molar-refractivity contribution in [2.45, 2.75) is 33.2 Å². The Morgan fingerprint density at radius 1 is 1.14 bits per heavy atom. The van der Waals surface area contributed by atoms with Crippen LogP contribution in [-0.4, -0.2) is 38.8 Å². The van der Waals surface area contributed by atoms with Gasteiger partial charge in [-0.15, -0.1) is 0 Å². The summed E-state index contributed by atoms with van der Waals surface area (Å²) >= 11 is 0. The largest absolute Gasteiger partial charge is 0.497 e. The fraction of sp³-hybridized carbons (Fsp3) is 0.647. The van der Waals surface area contributed by atoms with Crippen LogP contribution < -0.4 is 15.2 Å². The molecule has 2 N–H and O–H groups in total. The third kappa shape index (κ3) is 5.21. The van der Waals surface area contributed by atoms with Crippen molar-refractivity contribution in [2.75, 3.05) is 33.9 Å². The maximum atomic E-state index is 6.39. The Morgan fingerprint density at radius 2 is 1.86 bits per heavy atom. The molecule has 0 aliphatic rings. The molecular formula is C17H30N2O2. The molecule has 2 unspecified atom stereocenters. The second-order valence-electron chi connectivity index (χ2n) is 5.58. The summed E-state index contributed by atoms with van der Waals surface area (Å²) in [5.74, 6) is 2.27. The molecule has 21 heavy (non-hydrogen) atoms. The summed E-state index contributed by atoms with van der Waals surface area (Å²) < 4.78 is 10.7. The van der Waals surface area contributed by atoms with Gasteiger partial charge in [0.05, 0.1) is 14.2 Å².